The third kappa shape index (κ3) is 2.11. The summed E-state index contributed by atoms with van der Waals surface area (Å²) in [5, 5.41) is 9.08. The quantitative estimate of drug-likeness (QED) is 0.830. The summed E-state index contributed by atoms with van der Waals surface area (Å²) in [6.07, 6.45) is 0. The maximum absolute atomic E-state index is 10.6. The Balaban J connectivity index is 3.28. The van der Waals surface area contributed by atoms with E-state index in [1.165, 1.54) is 0 Å². The van der Waals surface area contributed by atoms with Crippen molar-refractivity contribution in [2.75, 3.05) is 0 Å². The molecule has 0 saturated carbocycles. The zero-order valence-electron chi connectivity index (χ0n) is 6.55. The molecule has 4 heteroatoms. The van der Waals surface area contributed by atoms with E-state index in [1.54, 1.807) is 18.2 Å². The van der Waals surface area contributed by atoms with Crippen molar-refractivity contribution in [2.24, 2.45) is 0 Å². The molecule has 68 valence electrons. The van der Waals surface area contributed by atoms with Crippen molar-refractivity contribution in [3.05, 3.63) is 39.8 Å². The van der Waals surface area contributed by atoms with Crippen molar-refractivity contribution in [1.82, 2.24) is 0 Å². The smallest absolute Gasteiger partial charge is 0.335 e. The van der Waals surface area contributed by atoms with E-state index in [9.17, 15) is 4.79 Å². The molecule has 0 amide bonds. The number of carbonyl (C=O) groups is 1. The SMILES string of the molecule is C=C(C(=O)O)c1c(Cl)cccc1Br. The lowest BCUT2D eigenvalue weighted by atomic mass is 10.1. The summed E-state index contributed by atoms with van der Waals surface area (Å²) >= 11 is 9.02. The number of carboxylic acids is 1. The van der Waals surface area contributed by atoms with Gasteiger partial charge in [-0.1, -0.05) is 40.2 Å². The van der Waals surface area contributed by atoms with Crippen molar-refractivity contribution in [2.45, 2.75) is 0 Å². The summed E-state index contributed by atoms with van der Waals surface area (Å²) in [5.41, 5.74) is 0.411. The van der Waals surface area contributed by atoms with Crippen LogP contribution < -0.4 is 0 Å². The average Bonchev–Trinajstić information content (AvgIpc) is 2.03. The summed E-state index contributed by atoms with van der Waals surface area (Å²) in [6, 6.07) is 5.07. The third-order valence-corrected chi connectivity index (χ3v) is 2.50. The highest BCUT2D eigenvalue weighted by Crippen LogP contribution is 2.30. The van der Waals surface area contributed by atoms with Crippen molar-refractivity contribution >= 4 is 39.1 Å². The first-order valence-electron chi connectivity index (χ1n) is 3.40. The van der Waals surface area contributed by atoms with Gasteiger partial charge in [0.1, 0.15) is 0 Å². The van der Waals surface area contributed by atoms with Crippen molar-refractivity contribution in [3.8, 4) is 0 Å². The number of rotatable bonds is 2. The maximum Gasteiger partial charge on any atom is 0.335 e. The normalized spacial score (nSPS) is 9.69. The second-order valence-corrected chi connectivity index (χ2v) is 3.64. The predicted molar refractivity (Wildman–Crippen MR) is 55.8 cm³/mol. The van der Waals surface area contributed by atoms with Gasteiger partial charge in [-0.15, -0.1) is 0 Å². The Bertz CT molecular complexity index is 354. The Hall–Kier alpha value is -0.800. The molecule has 1 aromatic rings. The second kappa shape index (κ2) is 3.94. The van der Waals surface area contributed by atoms with Crippen LogP contribution in [0.15, 0.2) is 29.3 Å². The van der Waals surface area contributed by atoms with Crippen LogP contribution in [0.5, 0.6) is 0 Å². The minimum Gasteiger partial charge on any atom is -0.478 e. The Labute approximate surface area is 89.0 Å². The van der Waals surface area contributed by atoms with Crippen molar-refractivity contribution in [1.29, 1.82) is 0 Å². The molecular formula is C9H6BrClO2. The van der Waals surface area contributed by atoms with Crippen LogP contribution in [0.1, 0.15) is 5.56 Å². The number of halogens is 2. The second-order valence-electron chi connectivity index (χ2n) is 2.38. The number of aliphatic carboxylic acids is 1. The Morgan fingerprint density at radius 1 is 1.54 bits per heavy atom. The van der Waals surface area contributed by atoms with E-state index >= 15 is 0 Å². The van der Waals surface area contributed by atoms with Gasteiger partial charge in [0.05, 0.1) is 5.57 Å². The Morgan fingerprint density at radius 2 is 2.15 bits per heavy atom. The molecule has 0 fully saturated rings. The molecule has 0 aliphatic heterocycles. The molecule has 1 rings (SSSR count). The molecule has 0 heterocycles. The van der Waals surface area contributed by atoms with Crippen molar-refractivity contribution < 1.29 is 9.90 Å². The van der Waals surface area contributed by atoms with Crippen LogP contribution in [0.4, 0.5) is 0 Å². The summed E-state index contributed by atoms with van der Waals surface area (Å²) in [7, 11) is 0. The first-order chi connectivity index (χ1) is 6.04. The summed E-state index contributed by atoms with van der Waals surface area (Å²) in [5.74, 6) is -1.08. The molecule has 1 aromatic carbocycles. The zero-order valence-corrected chi connectivity index (χ0v) is 8.89. The van der Waals surface area contributed by atoms with E-state index in [1.807, 2.05) is 0 Å². The fourth-order valence-electron chi connectivity index (χ4n) is 0.893. The standard InChI is InChI=1S/C9H6BrClO2/c1-5(9(12)13)8-6(10)3-2-4-7(8)11/h2-4H,1H2,(H,12,13). The first-order valence-corrected chi connectivity index (χ1v) is 4.57. The number of carboxylic acid groups (broad SMARTS) is 1. The fraction of sp³-hybridized carbons (Fsp3) is 0. The molecule has 2 nitrogen and oxygen atoms in total. The van der Waals surface area contributed by atoms with Gasteiger partial charge < -0.3 is 5.11 Å². The highest BCUT2D eigenvalue weighted by atomic mass is 79.9. The molecule has 0 bridgehead atoms. The highest BCUT2D eigenvalue weighted by molar-refractivity contribution is 9.10. The van der Waals surface area contributed by atoms with E-state index in [0.29, 0.717) is 15.1 Å². The zero-order chi connectivity index (χ0) is 10.0. The van der Waals surface area contributed by atoms with E-state index < -0.39 is 5.97 Å². The molecule has 1 N–H and O–H groups in total. The summed E-state index contributed by atoms with van der Waals surface area (Å²) in [4.78, 5) is 10.6. The Kier molecular flexibility index (Phi) is 3.12. The molecule has 0 unspecified atom stereocenters. The van der Waals surface area contributed by atoms with Gasteiger partial charge >= 0.3 is 5.97 Å². The van der Waals surface area contributed by atoms with Crippen molar-refractivity contribution in [3.63, 3.8) is 0 Å². The molecule has 0 spiro atoms. The van der Waals surface area contributed by atoms with Gasteiger partial charge in [-0.3, -0.25) is 0 Å². The lowest BCUT2D eigenvalue weighted by Gasteiger charge is -2.05. The van der Waals surface area contributed by atoms with Gasteiger partial charge in [-0.05, 0) is 12.1 Å². The summed E-state index contributed by atoms with van der Waals surface area (Å²) in [6.45, 7) is 3.43. The van der Waals surface area contributed by atoms with Gasteiger partial charge in [0.2, 0.25) is 0 Å². The van der Waals surface area contributed by atoms with Gasteiger partial charge in [-0.2, -0.15) is 0 Å². The largest absolute Gasteiger partial charge is 0.478 e. The van der Waals surface area contributed by atoms with Crippen LogP contribution in [0.2, 0.25) is 5.02 Å². The van der Waals surface area contributed by atoms with Gasteiger partial charge in [0, 0.05) is 15.1 Å². The first kappa shape index (κ1) is 10.3. The van der Waals surface area contributed by atoms with Crippen LogP contribution in [0.3, 0.4) is 0 Å². The summed E-state index contributed by atoms with van der Waals surface area (Å²) < 4.78 is 0.632. The van der Waals surface area contributed by atoms with Gasteiger partial charge in [0.25, 0.3) is 0 Å². The van der Waals surface area contributed by atoms with Gasteiger partial charge in [-0.25, -0.2) is 4.79 Å². The van der Waals surface area contributed by atoms with E-state index in [0.717, 1.165) is 0 Å². The maximum atomic E-state index is 10.6. The monoisotopic (exact) mass is 260 g/mol. The van der Waals surface area contributed by atoms with Crippen LogP contribution >= 0.6 is 27.5 Å². The lowest BCUT2D eigenvalue weighted by Crippen LogP contribution is -1.99. The van der Waals surface area contributed by atoms with Crippen LogP contribution in [0.25, 0.3) is 5.57 Å². The number of benzene rings is 1. The average molecular weight is 262 g/mol. The van der Waals surface area contributed by atoms with Gasteiger partial charge in [0.15, 0.2) is 0 Å². The number of hydrogen-bond acceptors (Lipinski definition) is 1. The molecule has 0 aliphatic rings. The third-order valence-electron chi connectivity index (χ3n) is 1.52. The highest BCUT2D eigenvalue weighted by Gasteiger charge is 2.13. The molecule has 0 aliphatic carbocycles. The van der Waals surface area contributed by atoms with E-state index in [4.69, 9.17) is 16.7 Å². The molecule has 13 heavy (non-hydrogen) atoms. The van der Waals surface area contributed by atoms with E-state index in [-0.39, 0.29) is 5.57 Å². The Morgan fingerprint density at radius 3 is 2.62 bits per heavy atom. The molecule has 0 aromatic heterocycles. The van der Waals surface area contributed by atoms with Crippen LogP contribution in [-0.2, 0) is 4.79 Å². The molecule has 0 radical (unpaired) electrons. The minimum absolute atomic E-state index is 0.0162. The van der Waals surface area contributed by atoms with Crippen LogP contribution in [0, 0.1) is 0 Å². The number of hydrogen-bond donors (Lipinski definition) is 1. The lowest BCUT2D eigenvalue weighted by molar-refractivity contribution is -0.130. The molecular weight excluding hydrogens is 255 g/mol. The topological polar surface area (TPSA) is 37.3 Å². The molecule has 0 saturated heterocycles. The van der Waals surface area contributed by atoms with E-state index in [2.05, 4.69) is 22.5 Å². The fourth-order valence-corrected chi connectivity index (χ4v) is 1.90. The minimum atomic E-state index is -1.08. The molecule has 0 atom stereocenters. The predicted octanol–water partition coefficient (Wildman–Crippen LogP) is 3.20. The van der Waals surface area contributed by atoms with Crippen LogP contribution in [-0.4, -0.2) is 11.1 Å².